The summed E-state index contributed by atoms with van der Waals surface area (Å²) in [6.07, 6.45) is 2.18. The van der Waals surface area contributed by atoms with Gasteiger partial charge in [-0.2, -0.15) is 0 Å². The quantitative estimate of drug-likeness (QED) is 0.519. The normalized spacial score (nSPS) is 10.6. The van der Waals surface area contributed by atoms with Gasteiger partial charge in [0.1, 0.15) is 5.52 Å². The van der Waals surface area contributed by atoms with E-state index in [0.717, 1.165) is 0 Å². The monoisotopic (exact) mass is 260 g/mol. The highest BCUT2D eigenvalue weighted by molar-refractivity contribution is 5.99. The molecule has 0 aliphatic heterocycles. The van der Waals surface area contributed by atoms with E-state index >= 15 is 0 Å². The van der Waals surface area contributed by atoms with Crippen LogP contribution >= 0.6 is 0 Å². The number of para-hydroxylation sites is 1. The molecule has 1 aromatic heterocycles. The molecule has 2 rings (SSSR count). The summed E-state index contributed by atoms with van der Waals surface area (Å²) in [5, 5.41) is 11.0. The molecule has 1 heterocycles. The number of Topliss-reactive ketones (excluding diaryl/α,β-unsaturated/α-hetero) is 1. The zero-order valence-electron chi connectivity index (χ0n) is 10.3. The summed E-state index contributed by atoms with van der Waals surface area (Å²) in [6, 6.07) is 4.22. The molecule has 0 spiro atoms. The summed E-state index contributed by atoms with van der Waals surface area (Å²) in [6.45, 7) is 1.85. The van der Waals surface area contributed by atoms with Gasteiger partial charge >= 0.3 is 0 Å². The van der Waals surface area contributed by atoms with Crippen molar-refractivity contribution in [2.45, 2.75) is 19.8 Å². The molecule has 19 heavy (non-hydrogen) atoms. The number of fused-ring (bicyclic) bond motifs is 1. The van der Waals surface area contributed by atoms with Crippen LogP contribution in [-0.4, -0.2) is 15.7 Å². The van der Waals surface area contributed by atoms with Crippen LogP contribution in [0.1, 0.15) is 30.1 Å². The number of benzene rings is 1. The van der Waals surface area contributed by atoms with Crippen LogP contribution in [0, 0.1) is 10.1 Å². The summed E-state index contributed by atoms with van der Waals surface area (Å²) in [5.74, 6) is -0.253. The summed E-state index contributed by atoms with van der Waals surface area (Å²) in [4.78, 5) is 36.9. The zero-order chi connectivity index (χ0) is 14.0. The average Bonchev–Trinajstić information content (AvgIpc) is 2.38. The number of non-ortho nitro benzene ring substituents is 1. The van der Waals surface area contributed by atoms with Crippen LogP contribution in [0.25, 0.3) is 10.9 Å². The maximum absolute atomic E-state index is 12.2. The second-order valence-corrected chi connectivity index (χ2v) is 4.16. The van der Waals surface area contributed by atoms with Gasteiger partial charge in [-0.05, 0) is 12.5 Å². The van der Waals surface area contributed by atoms with E-state index in [2.05, 4.69) is 4.98 Å². The lowest BCUT2D eigenvalue weighted by molar-refractivity contribution is -0.383. The number of carbonyl (C=O) groups is 1. The van der Waals surface area contributed by atoms with Gasteiger partial charge in [-0.1, -0.05) is 13.0 Å². The van der Waals surface area contributed by atoms with Crippen molar-refractivity contribution in [3.05, 3.63) is 50.3 Å². The highest BCUT2D eigenvalue weighted by Crippen LogP contribution is 2.21. The Balaban J connectivity index is 2.70. The van der Waals surface area contributed by atoms with Gasteiger partial charge in [0.2, 0.25) is 0 Å². The fourth-order valence-electron chi connectivity index (χ4n) is 1.96. The van der Waals surface area contributed by atoms with Gasteiger partial charge in [-0.25, -0.2) is 0 Å². The van der Waals surface area contributed by atoms with Crippen LogP contribution in [0.5, 0.6) is 0 Å². The molecule has 6 nitrogen and oxygen atoms in total. The molecule has 0 bridgehead atoms. The van der Waals surface area contributed by atoms with Crippen molar-refractivity contribution in [3.8, 4) is 0 Å². The molecular weight excluding hydrogens is 248 g/mol. The smallest absolute Gasteiger partial charge is 0.293 e. The van der Waals surface area contributed by atoms with E-state index in [1.165, 1.54) is 24.4 Å². The van der Waals surface area contributed by atoms with Crippen molar-refractivity contribution < 1.29 is 9.72 Å². The van der Waals surface area contributed by atoms with Gasteiger partial charge in [-0.3, -0.25) is 19.7 Å². The Kier molecular flexibility index (Phi) is 3.41. The van der Waals surface area contributed by atoms with E-state index in [0.29, 0.717) is 6.42 Å². The molecule has 0 saturated carbocycles. The number of hydrogen-bond donors (Lipinski definition) is 1. The zero-order valence-corrected chi connectivity index (χ0v) is 10.3. The molecule has 6 heteroatoms. The van der Waals surface area contributed by atoms with Crippen molar-refractivity contribution in [2.24, 2.45) is 0 Å². The number of carbonyl (C=O) groups excluding carboxylic acids is 1. The average molecular weight is 260 g/mol. The van der Waals surface area contributed by atoms with E-state index < -0.39 is 10.4 Å². The SMILES string of the molecule is CCCC(=O)c1c[nH]c2c([N+](=O)[O-])cccc2c1=O. The molecule has 0 aliphatic carbocycles. The maximum atomic E-state index is 12.2. The van der Waals surface area contributed by atoms with Crippen LogP contribution in [0.15, 0.2) is 29.2 Å². The third kappa shape index (κ3) is 2.24. The second-order valence-electron chi connectivity index (χ2n) is 4.16. The third-order valence-corrected chi connectivity index (χ3v) is 2.87. The number of nitrogens with one attached hydrogen (secondary N) is 1. The lowest BCUT2D eigenvalue weighted by Gasteiger charge is -2.02. The van der Waals surface area contributed by atoms with E-state index in [-0.39, 0.29) is 34.4 Å². The number of nitro benzene ring substituents is 1. The number of H-pyrrole nitrogens is 1. The second kappa shape index (κ2) is 5.01. The number of ketones is 1. The van der Waals surface area contributed by atoms with E-state index in [1.54, 1.807) is 0 Å². The number of hydrogen-bond acceptors (Lipinski definition) is 4. The first-order valence-corrected chi connectivity index (χ1v) is 5.88. The van der Waals surface area contributed by atoms with E-state index in [4.69, 9.17) is 0 Å². The van der Waals surface area contributed by atoms with Gasteiger partial charge in [0.25, 0.3) is 5.69 Å². The molecule has 0 fully saturated rings. The van der Waals surface area contributed by atoms with Gasteiger partial charge in [0.15, 0.2) is 11.2 Å². The van der Waals surface area contributed by atoms with Crippen molar-refractivity contribution in [3.63, 3.8) is 0 Å². The molecule has 0 radical (unpaired) electrons. The fourth-order valence-corrected chi connectivity index (χ4v) is 1.96. The lowest BCUT2D eigenvalue weighted by atomic mass is 10.1. The Hall–Kier alpha value is -2.50. The predicted octanol–water partition coefficient (Wildman–Crippen LogP) is 2.42. The minimum atomic E-state index is -0.564. The molecule has 0 atom stereocenters. The highest BCUT2D eigenvalue weighted by atomic mass is 16.6. The van der Waals surface area contributed by atoms with Crippen LogP contribution < -0.4 is 5.43 Å². The number of nitrogens with zero attached hydrogens (tertiary/aromatic N) is 1. The maximum Gasteiger partial charge on any atom is 0.293 e. The van der Waals surface area contributed by atoms with Crippen LogP contribution in [0.3, 0.4) is 0 Å². The topological polar surface area (TPSA) is 93.1 Å². The Labute approximate surface area is 108 Å². The molecule has 1 aromatic carbocycles. The van der Waals surface area contributed by atoms with Gasteiger partial charge < -0.3 is 4.98 Å². The number of aromatic nitrogens is 1. The summed E-state index contributed by atoms with van der Waals surface area (Å²) in [7, 11) is 0. The largest absolute Gasteiger partial charge is 0.355 e. The Bertz CT molecular complexity index is 718. The minimum absolute atomic E-state index is 0.0508. The minimum Gasteiger partial charge on any atom is -0.355 e. The predicted molar refractivity (Wildman–Crippen MR) is 70.5 cm³/mol. The van der Waals surface area contributed by atoms with Crippen molar-refractivity contribution in [1.29, 1.82) is 0 Å². The van der Waals surface area contributed by atoms with Crippen molar-refractivity contribution >= 4 is 22.4 Å². The Morgan fingerprint density at radius 3 is 2.79 bits per heavy atom. The molecule has 0 amide bonds. The third-order valence-electron chi connectivity index (χ3n) is 2.87. The van der Waals surface area contributed by atoms with Gasteiger partial charge in [-0.15, -0.1) is 0 Å². The number of pyridine rings is 1. The first kappa shape index (κ1) is 12.9. The Morgan fingerprint density at radius 2 is 2.16 bits per heavy atom. The van der Waals surface area contributed by atoms with Crippen molar-refractivity contribution in [2.75, 3.05) is 0 Å². The van der Waals surface area contributed by atoms with Crippen LogP contribution in [0.4, 0.5) is 5.69 Å². The lowest BCUT2D eigenvalue weighted by Crippen LogP contribution is -2.16. The number of rotatable bonds is 4. The Morgan fingerprint density at radius 1 is 1.42 bits per heavy atom. The van der Waals surface area contributed by atoms with Gasteiger partial charge in [0.05, 0.1) is 15.9 Å². The summed E-state index contributed by atoms with van der Waals surface area (Å²) >= 11 is 0. The standard InChI is InChI=1S/C13H12N2O4/c1-2-4-11(16)9-7-14-12-8(13(9)17)5-3-6-10(12)15(18)19/h3,5-7H,2,4H2,1H3,(H,14,17). The van der Waals surface area contributed by atoms with Crippen molar-refractivity contribution in [1.82, 2.24) is 4.98 Å². The van der Waals surface area contributed by atoms with E-state index in [9.17, 15) is 19.7 Å². The number of aromatic amines is 1. The molecule has 0 saturated heterocycles. The van der Waals surface area contributed by atoms with Crippen LogP contribution in [-0.2, 0) is 0 Å². The molecule has 0 aliphatic rings. The molecule has 0 unspecified atom stereocenters. The molecular formula is C13H12N2O4. The van der Waals surface area contributed by atoms with Crippen LogP contribution in [0.2, 0.25) is 0 Å². The van der Waals surface area contributed by atoms with Gasteiger partial charge in [0, 0.05) is 18.7 Å². The highest BCUT2D eigenvalue weighted by Gasteiger charge is 2.17. The molecule has 1 N–H and O–H groups in total. The summed E-state index contributed by atoms with van der Waals surface area (Å²) < 4.78 is 0. The molecule has 2 aromatic rings. The number of nitro groups is 1. The fraction of sp³-hybridized carbons (Fsp3) is 0.231. The summed E-state index contributed by atoms with van der Waals surface area (Å²) in [5.41, 5.74) is -0.444. The molecule has 98 valence electrons. The first-order chi connectivity index (χ1) is 9.06. The van der Waals surface area contributed by atoms with E-state index in [1.807, 2.05) is 6.92 Å². The first-order valence-electron chi connectivity index (χ1n) is 5.88.